The van der Waals surface area contributed by atoms with E-state index in [0.29, 0.717) is 12.3 Å². The quantitative estimate of drug-likeness (QED) is 0.850. The van der Waals surface area contributed by atoms with E-state index in [2.05, 4.69) is 49.4 Å². The van der Waals surface area contributed by atoms with Gasteiger partial charge in [0.2, 0.25) is 0 Å². The maximum absolute atomic E-state index is 8.98. The lowest BCUT2D eigenvalue weighted by Gasteiger charge is -2.13. The summed E-state index contributed by atoms with van der Waals surface area (Å²) in [7, 11) is 4.12. The van der Waals surface area contributed by atoms with Crippen LogP contribution >= 0.6 is 0 Å². The highest BCUT2D eigenvalue weighted by molar-refractivity contribution is 5.52. The molecule has 0 atom stereocenters. The minimum atomic E-state index is -0.0582. The molecule has 4 heteroatoms. The Labute approximate surface area is 120 Å². The van der Waals surface area contributed by atoms with Crippen molar-refractivity contribution >= 4 is 5.69 Å². The van der Waals surface area contributed by atoms with Crippen molar-refractivity contribution in [3.63, 3.8) is 0 Å². The van der Waals surface area contributed by atoms with Gasteiger partial charge in [0.05, 0.1) is 6.54 Å². The molecule has 0 radical (unpaired) electrons. The Kier molecular flexibility index (Phi) is 4.82. The first-order valence-electron chi connectivity index (χ1n) is 6.75. The second kappa shape index (κ2) is 6.59. The van der Waals surface area contributed by atoms with Gasteiger partial charge in [-0.1, -0.05) is 12.1 Å². The van der Waals surface area contributed by atoms with Gasteiger partial charge in [0.1, 0.15) is 18.1 Å². The number of nitrogens with one attached hydrogen (secondary N) is 1. The lowest BCUT2D eigenvalue weighted by molar-refractivity contribution is 0.244. The van der Waals surface area contributed by atoms with Gasteiger partial charge in [0.25, 0.3) is 0 Å². The van der Waals surface area contributed by atoms with E-state index in [0.717, 1.165) is 18.0 Å². The summed E-state index contributed by atoms with van der Waals surface area (Å²) < 4.78 is 5.47. The number of benzene rings is 1. The predicted octanol–water partition coefficient (Wildman–Crippen LogP) is 2.75. The van der Waals surface area contributed by atoms with Crippen molar-refractivity contribution in [2.24, 2.45) is 0 Å². The third kappa shape index (κ3) is 3.85. The minimum absolute atomic E-state index is 0.0582. The van der Waals surface area contributed by atoms with Gasteiger partial charge in [-0.3, -0.25) is 0 Å². The number of aliphatic hydroxyl groups is 1. The maximum Gasteiger partial charge on any atom is 0.129 e. The molecule has 0 unspecified atom stereocenters. The third-order valence-electron chi connectivity index (χ3n) is 3.13. The van der Waals surface area contributed by atoms with Crippen molar-refractivity contribution < 1.29 is 9.52 Å². The van der Waals surface area contributed by atoms with Crippen LogP contribution in [0.25, 0.3) is 0 Å². The average molecular weight is 274 g/mol. The molecule has 2 aromatic rings. The first-order chi connectivity index (χ1) is 9.58. The van der Waals surface area contributed by atoms with E-state index >= 15 is 0 Å². The molecule has 0 aliphatic rings. The highest BCUT2D eigenvalue weighted by atomic mass is 16.4. The first kappa shape index (κ1) is 14.6. The summed E-state index contributed by atoms with van der Waals surface area (Å²) in [6.07, 6.45) is 0. The van der Waals surface area contributed by atoms with Crippen LogP contribution in [0.15, 0.2) is 34.7 Å². The van der Waals surface area contributed by atoms with Gasteiger partial charge in [-0.25, -0.2) is 0 Å². The number of hydrogen-bond acceptors (Lipinski definition) is 4. The number of aliphatic hydroxyl groups excluding tert-OH is 1. The highest BCUT2D eigenvalue weighted by Crippen LogP contribution is 2.19. The summed E-state index contributed by atoms with van der Waals surface area (Å²) in [5, 5.41) is 12.4. The molecule has 2 rings (SSSR count). The zero-order valence-electron chi connectivity index (χ0n) is 12.3. The van der Waals surface area contributed by atoms with Gasteiger partial charge in [-0.05, 0) is 50.3 Å². The molecule has 1 aromatic heterocycles. The zero-order chi connectivity index (χ0) is 14.5. The zero-order valence-corrected chi connectivity index (χ0v) is 12.3. The molecule has 4 nitrogen and oxygen atoms in total. The van der Waals surface area contributed by atoms with Crippen molar-refractivity contribution in [1.82, 2.24) is 4.90 Å². The molecule has 0 fully saturated rings. The summed E-state index contributed by atoms with van der Waals surface area (Å²) in [6, 6.07) is 10.1. The molecule has 0 spiro atoms. The molecule has 108 valence electrons. The first-order valence-corrected chi connectivity index (χ1v) is 6.75. The van der Waals surface area contributed by atoms with E-state index in [1.54, 1.807) is 6.07 Å². The number of hydrogen-bond donors (Lipinski definition) is 2. The predicted molar refractivity (Wildman–Crippen MR) is 80.5 cm³/mol. The van der Waals surface area contributed by atoms with Crippen LogP contribution in [0.2, 0.25) is 0 Å². The molecular formula is C16H22N2O2. The van der Waals surface area contributed by atoms with Crippen molar-refractivity contribution in [2.45, 2.75) is 26.6 Å². The van der Waals surface area contributed by atoms with Gasteiger partial charge in [0.15, 0.2) is 0 Å². The summed E-state index contributed by atoms with van der Waals surface area (Å²) >= 11 is 0. The number of furan rings is 1. The van der Waals surface area contributed by atoms with E-state index in [1.165, 1.54) is 11.1 Å². The molecule has 1 aromatic carbocycles. The van der Waals surface area contributed by atoms with Gasteiger partial charge in [-0.2, -0.15) is 0 Å². The van der Waals surface area contributed by atoms with Crippen LogP contribution in [0.3, 0.4) is 0 Å². The van der Waals surface area contributed by atoms with Crippen LogP contribution in [0, 0.1) is 6.92 Å². The highest BCUT2D eigenvalue weighted by Gasteiger charge is 2.04. The molecule has 0 bridgehead atoms. The standard InChI is InChI=1S/C16H22N2O2/c1-12-4-5-13(10-18(2)3)8-16(12)17-9-14-6-7-15(11-19)20-14/h4-8,17,19H,9-11H2,1-3H3. The van der Waals surface area contributed by atoms with E-state index < -0.39 is 0 Å². The Morgan fingerprint density at radius 3 is 2.55 bits per heavy atom. The van der Waals surface area contributed by atoms with Gasteiger partial charge < -0.3 is 19.7 Å². The lowest BCUT2D eigenvalue weighted by Crippen LogP contribution is -2.11. The fraction of sp³-hybridized carbons (Fsp3) is 0.375. The van der Waals surface area contributed by atoms with Crippen LogP contribution in [-0.2, 0) is 19.7 Å². The summed E-state index contributed by atoms with van der Waals surface area (Å²) in [5.41, 5.74) is 3.60. The van der Waals surface area contributed by atoms with Gasteiger partial charge in [-0.15, -0.1) is 0 Å². The average Bonchev–Trinajstić information content (AvgIpc) is 2.87. The van der Waals surface area contributed by atoms with Gasteiger partial charge in [0, 0.05) is 12.2 Å². The molecule has 20 heavy (non-hydrogen) atoms. The Bertz CT molecular complexity index is 561. The van der Waals surface area contributed by atoms with Crippen molar-refractivity contribution in [3.8, 4) is 0 Å². The number of rotatable bonds is 6. The molecule has 1 heterocycles. The molecule has 0 saturated heterocycles. The normalized spacial score (nSPS) is 11.1. The smallest absolute Gasteiger partial charge is 0.129 e. The van der Waals surface area contributed by atoms with Crippen molar-refractivity contribution in [3.05, 3.63) is 53.0 Å². The maximum atomic E-state index is 8.98. The molecule has 2 N–H and O–H groups in total. The van der Waals surface area contributed by atoms with E-state index in [4.69, 9.17) is 9.52 Å². The molecule has 0 saturated carbocycles. The Balaban J connectivity index is 2.04. The van der Waals surface area contributed by atoms with Crippen LogP contribution in [0.5, 0.6) is 0 Å². The second-order valence-corrected chi connectivity index (χ2v) is 5.27. The van der Waals surface area contributed by atoms with Crippen LogP contribution in [-0.4, -0.2) is 24.1 Å². The summed E-state index contributed by atoms with van der Waals surface area (Å²) in [4.78, 5) is 2.15. The number of nitrogens with zero attached hydrogens (tertiary/aromatic N) is 1. The monoisotopic (exact) mass is 274 g/mol. The number of anilines is 1. The molecule has 0 amide bonds. The molecule has 0 aliphatic carbocycles. The van der Waals surface area contributed by atoms with Crippen LogP contribution in [0.1, 0.15) is 22.6 Å². The number of aryl methyl sites for hydroxylation is 1. The fourth-order valence-corrected chi connectivity index (χ4v) is 2.11. The summed E-state index contributed by atoms with van der Waals surface area (Å²) in [6.45, 7) is 3.57. The SMILES string of the molecule is Cc1ccc(CN(C)C)cc1NCc1ccc(CO)o1. The lowest BCUT2D eigenvalue weighted by atomic mass is 10.1. The molecular weight excluding hydrogens is 252 g/mol. The molecule has 0 aliphatic heterocycles. The van der Waals surface area contributed by atoms with Crippen molar-refractivity contribution in [1.29, 1.82) is 0 Å². The largest absolute Gasteiger partial charge is 0.462 e. The second-order valence-electron chi connectivity index (χ2n) is 5.27. The fourth-order valence-electron chi connectivity index (χ4n) is 2.11. The van der Waals surface area contributed by atoms with E-state index in [1.807, 2.05) is 6.07 Å². The Morgan fingerprint density at radius 1 is 1.15 bits per heavy atom. The summed E-state index contributed by atoms with van der Waals surface area (Å²) in [5.74, 6) is 1.42. The van der Waals surface area contributed by atoms with E-state index in [9.17, 15) is 0 Å². The van der Waals surface area contributed by atoms with E-state index in [-0.39, 0.29) is 6.61 Å². The minimum Gasteiger partial charge on any atom is -0.462 e. The third-order valence-corrected chi connectivity index (χ3v) is 3.13. The van der Waals surface area contributed by atoms with Gasteiger partial charge >= 0.3 is 0 Å². The van der Waals surface area contributed by atoms with Crippen LogP contribution in [0.4, 0.5) is 5.69 Å². The topological polar surface area (TPSA) is 48.6 Å². The van der Waals surface area contributed by atoms with Crippen molar-refractivity contribution in [2.75, 3.05) is 19.4 Å². The Morgan fingerprint density at radius 2 is 1.90 bits per heavy atom. The van der Waals surface area contributed by atoms with Crippen LogP contribution < -0.4 is 5.32 Å². The Hall–Kier alpha value is -1.78.